The second-order valence-corrected chi connectivity index (χ2v) is 9.41. The molecule has 2 amide bonds. The second-order valence-electron chi connectivity index (χ2n) is 9.41. The lowest BCUT2D eigenvalue weighted by atomic mass is 10.00. The molecule has 0 saturated carbocycles. The molecule has 15 heteroatoms. The van der Waals surface area contributed by atoms with Gasteiger partial charge in [-0.1, -0.05) is 27.7 Å². The van der Waals surface area contributed by atoms with E-state index in [1.54, 1.807) is 31.1 Å². The van der Waals surface area contributed by atoms with Gasteiger partial charge < -0.3 is 29.5 Å². The molecule has 2 aromatic rings. The predicted molar refractivity (Wildman–Crippen MR) is 167 cm³/mol. The van der Waals surface area contributed by atoms with Crippen LogP contribution in [0.3, 0.4) is 0 Å². The van der Waals surface area contributed by atoms with Crippen LogP contribution in [0.2, 0.25) is 0 Å². The molecular formula is C29H49F2N9O4. The molecule has 1 atom stereocenters. The number of anilines is 3. The Kier molecular flexibility index (Phi) is 17.5. The van der Waals surface area contributed by atoms with Crippen molar-refractivity contribution in [3.05, 3.63) is 24.7 Å². The number of likely N-dealkylation sites (tertiary alicyclic amines) is 1. The number of ether oxygens (including phenoxy) is 2. The second kappa shape index (κ2) is 20.1. The van der Waals surface area contributed by atoms with Gasteiger partial charge >= 0.3 is 6.03 Å². The Morgan fingerprint density at radius 2 is 1.80 bits per heavy atom. The summed E-state index contributed by atoms with van der Waals surface area (Å²) in [5, 5.41) is 5.38. The first kappa shape index (κ1) is 38.1. The molecule has 0 aromatic carbocycles. The van der Waals surface area contributed by atoms with Crippen molar-refractivity contribution in [3.63, 3.8) is 0 Å². The first-order valence-electron chi connectivity index (χ1n) is 15.1. The minimum absolute atomic E-state index is 0.0799. The van der Waals surface area contributed by atoms with Crippen molar-refractivity contribution in [2.75, 3.05) is 69.5 Å². The van der Waals surface area contributed by atoms with Crippen LogP contribution in [0.4, 0.5) is 31.2 Å². The molecule has 2 aliphatic rings. The topological polar surface area (TPSA) is 138 Å². The predicted octanol–water partition coefficient (Wildman–Crippen LogP) is 4.39. The summed E-state index contributed by atoms with van der Waals surface area (Å²) in [5.41, 5.74) is 0. The molecular weight excluding hydrogens is 576 g/mol. The molecule has 2 fully saturated rings. The molecule has 2 aliphatic heterocycles. The summed E-state index contributed by atoms with van der Waals surface area (Å²) in [5.74, 6) is -1.71. The van der Waals surface area contributed by atoms with E-state index in [1.807, 2.05) is 27.7 Å². The number of halogens is 2. The van der Waals surface area contributed by atoms with Crippen molar-refractivity contribution >= 4 is 30.1 Å². The van der Waals surface area contributed by atoms with E-state index in [4.69, 9.17) is 9.47 Å². The van der Waals surface area contributed by atoms with Gasteiger partial charge in [-0.05, 0) is 32.9 Å². The molecule has 4 rings (SSSR count). The molecule has 0 bridgehead atoms. The van der Waals surface area contributed by atoms with E-state index >= 15 is 0 Å². The maximum Gasteiger partial charge on any atom is 0.323 e. The average Bonchev–Trinajstić information content (AvgIpc) is 3.05. The van der Waals surface area contributed by atoms with E-state index in [9.17, 15) is 18.4 Å². The Morgan fingerprint density at radius 3 is 2.36 bits per heavy atom. The Bertz CT molecular complexity index is 1090. The van der Waals surface area contributed by atoms with E-state index in [0.29, 0.717) is 30.7 Å². The number of urea groups is 1. The van der Waals surface area contributed by atoms with Crippen LogP contribution < -0.4 is 20.3 Å². The Hall–Kier alpha value is -3.88. The molecule has 4 heterocycles. The zero-order valence-electron chi connectivity index (χ0n) is 27.2. The molecule has 2 saturated heterocycles. The third-order valence-electron chi connectivity index (χ3n) is 6.63. The fourth-order valence-electron chi connectivity index (χ4n) is 4.25. The van der Waals surface area contributed by atoms with Gasteiger partial charge in [0, 0.05) is 52.9 Å². The number of nitrogens with one attached hydrogen (secondary N) is 2. The fourth-order valence-corrected chi connectivity index (χ4v) is 4.25. The number of piperidine rings is 2. The minimum Gasteiger partial charge on any atom is -0.477 e. The van der Waals surface area contributed by atoms with Gasteiger partial charge in [0.25, 0.3) is 12.4 Å². The fraction of sp³-hybridized carbons (Fsp3) is 0.655. The molecule has 0 radical (unpaired) electrons. The van der Waals surface area contributed by atoms with E-state index in [2.05, 4.69) is 42.5 Å². The van der Waals surface area contributed by atoms with E-state index in [1.165, 1.54) is 19.4 Å². The minimum atomic E-state index is -3.06. The highest BCUT2D eigenvalue weighted by atomic mass is 19.3. The number of amides is 2. The summed E-state index contributed by atoms with van der Waals surface area (Å²) in [6, 6.07) is -0.412. The maximum absolute atomic E-state index is 14.6. The summed E-state index contributed by atoms with van der Waals surface area (Å²) in [6.07, 6.45) is 5.92. The first-order valence-corrected chi connectivity index (χ1v) is 15.1. The standard InChI is InChI=1S/C18H24F2N8O2.C7H13NO2.2C2H6/c1-4-30-15-10-23-14(9-24-15)26-17(29)27(3)12-11-28(8-6-18(12,19)20)16-22-7-5-13(21-2)25-16;1-8-4-2-7(3-5-8)10-6-9;2*1-2/h5,7,9-10,12H,4,6,8,11H2,1-3H3,(H,21,22,25)(H,23,26,29);6-7H,2-5H2,1H3;2*1-2H3. The summed E-state index contributed by atoms with van der Waals surface area (Å²) in [6.45, 7) is 12.8. The number of hydrogen-bond acceptors (Lipinski definition) is 11. The van der Waals surface area contributed by atoms with Crippen LogP contribution in [0, 0.1) is 0 Å². The zero-order chi connectivity index (χ0) is 33.1. The third kappa shape index (κ3) is 12.0. The van der Waals surface area contributed by atoms with Crippen LogP contribution in [0.1, 0.15) is 53.9 Å². The number of hydrogen-bond donors (Lipinski definition) is 2. The van der Waals surface area contributed by atoms with E-state index in [0.717, 1.165) is 30.8 Å². The highest BCUT2D eigenvalue weighted by Crippen LogP contribution is 2.33. The largest absolute Gasteiger partial charge is 0.477 e. The SMILES string of the molecule is CC.CC.CCOc1cnc(NC(=O)N(C)C2CN(c3nccc(NC)n3)CCC2(F)F)cn1.CN1CCC(OC=O)CC1. The summed E-state index contributed by atoms with van der Waals surface area (Å²) in [4.78, 5) is 43.8. The van der Waals surface area contributed by atoms with Crippen molar-refractivity contribution in [2.24, 2.45) is 0 Å². The van der Waals surface area contributed by atoms with Gasteiger partial charge in [0.15, 0.2) is 5.82 Å². The van der Waals surface area contributed by atoms with Crippen molar-refractivity contribution in [3.8, 4) is 5.88 Å². The zero-order valence-corrected chi connectivity index (χ0v) is 27.2. The van der Waals surface area contributed by atoms with Gasteiger partial charge in [0.2, 0.25) is 11.8 Å². The monoisotopic (exact) mass is 625 g/mol. The number of carbonyl (C=O) groups excluding carboxylic acids is 2. The third-order valence-corrected chi connectivity index (χ3v) is 6.63. The number of rotatable bonds is 8. The number of aromatic nitrogens is 4. The first-order chi connectivity index (χ1) is 21.2. The number of nitrogens with zero attached hydrogens (tertiary/aromatic N) is 7. The van der Waals surface area contributed by atoms with Crippen molar-refractivity contribution in [1.29, 1.82) is 0 Å². The molecule has 2 aromatic heterocycles. The lowest BCUT2D eigenvalue weighted by Crippen LogP contribution is -2.60. The quantitative estimate of drug-likeness (QED) is 0.404. The average molecular weight is 626 g/mol. The molecule has 2 N–H and O–H groups in total. The summed E-state index contributed by atoms with van der Waals surface area (Å²) < 4.78 is 39.3. The molecule has 248 valence electrons. The van der Waals surface area contributed by atoms with Gasteiger partial charge in [-0.2, -0.15) is 4.98 Å². The van der Waals surface area contributed by atoms with Gasteiger partial charge in [0.1, 0.15) is 18.0 Å². The molecule has 0 spiro atoms. The number of carbonyl (C=O) groups is 2. The van der Waals surface area contributed by atoms with E-state index < -0.39 is 24.4 Å². The molecule has 44 heavy (non-hydrogen) atoms. The van der Waals surface area contributed by atoms with Crippen molar-refractivity contribution in [1.82, 2.24) is 29.7 Å². The lowest BCUT2D eigenvalue weighted by molar-refractivity contribution is -0.135. The highest BCUT2D eigenvalue weighted by Gasteiger charge is 2.48. The number of likely N-dealkylation sites (N-methyl/N-ethyl adjacent to an activating group) is 1. The van der Waals surface area contributed by atoms with Crippen molar-refractivity contribution < 1.29 is 27.8 Å². The maximum atomic E-state index is 14.6. The highest BCUT2D eigenvalue weighted by molar-refractivity contribution is 5.88. The van der Waals surface area contributed by atoms with Crippen LogP contribution in [-0.4, -0.2) is 114 Å². The summed E-state index contributed by atoms with van der Waals surface area (Å²) >= 11 is 0. The van der Waals surface area contributed by atoms with Gasteiger partial charge in [-0.25, -0.2) is 28.5 Å². The van der Waals surface area contributed by atoms with Crippen LogP contribution in [0.25, 0.3) is 0 Å². The van der Waals surface area contributed by atoms with Crippen LogP contribution >= 0.6 is 0 Å². The van der Waals surface area contributed by atoms with Crippen LogP contribution in [0.15, 0.2) is 24.7 Å². The number of alkyl halides is 2. The van der Waals surface area contributed by atoms with Crippen LogP contribution in [0.5, 0.6) is 5.88 Å². The Labute approximate surface area is 259 Å². The Morgan fingerprint density at radius 1 is 1.11 bits per heavy atom. The van der Waals surface area contributed by atoms with Crippen LogP contribution in [-0.2, 0) is 9.53 Å². The summed E-state index contributed by atoms with van der Waals surface area (Å²) in [7, 11) is 5.11. The molecule has 1 unspecified atom stereocenters. The smallest absolute Gasteiger partial charge is 0.323 e. The Balaban J connectivity index is 0.000000578. The lowest BCUT2D eigenvalue weighted by Gasteiger charge is -2.42. The van der Waals surface area contributed by atoms with Crippen molar-refractivity contribution in [2.45, 2.75) is 71.9 Å². The normalized spacial score (nSPS) is 17.6. The molecule has 13 nitrogen and oxygen atoms in total. The van der Waals surface area contributed by atoms with Gasteiger partial charge in [-0.3, -0.25) is 10.1 Å². The van der Waals surface area contributed by atoms with Gasteiger partial charge in [0.05, 0.1) is 19.0 Å². The van der Waals surface area contributed by atoms with Gasteiger partial charge in [-0.15, -0.1) is 0 Å². The molecule has 0 aliphatic carbocycles. The van der Waals surface area contributed by atoms with E-state index in [-0.39, 0.29) is 25.0 Å².